The Kier molecular flexibility index (Phi) is 6.94. The molecule has 0 spiro atoms. The Morgan fingerprint density at radius 2 is 1.58 bits per heavy atom. The number of anilines is 2. The van der Waals surface area contributed by atoms with E-state index in [-0.39, 0.29) is 11.8 Å². The van der Waals surface area contributed by atoms with Crippen LogP contribution in [0.25, 0.3) is 16.7 Å². The lowest BCUT2D eigenvalue weighted by Crippen LogP contribution is -2.50. The predicted octanol–water partition coefficient (Wildman–Crippen LogP) is 2.77. The molecule has 194 valence electrons. The van der Waals surface area contributed by atoms with Gasteiger partial charge in [0.1, 0.15) is 5.69 Å². The molecule has 0 aliphatic carbocycles. The number of rotatable bonds is 4. The highest BCUT2D eigenvalue weighted by atomic mass is 16.2. The summed E-state index contributed by atoms with van der Waals surface area (Å²) in [5, 5.41) is 15.2. The van der Waals surface area contributed by atoms with Crippen molar-refractivity contribution in [2.45, 2.75) is 13.8 Å². The Morgan fingerprint density at radius 1 is 0.895 bits per heavy atom. The monoisotopic (exact) mass is 512 g/mol. The van der Waals surface area contributed by atoms with Crippen LogP contribution in [-0.2, 0) is 7.05 Å². The van der Waals surface area contributed by atoms with Gasteiger partial charge in [0.05, 0.1) is 23.6 Å². The van der Waals surface area contributed by atoms with Gasteiger partial charge in [-0.1, -0.05) is 26.0 Å². The maximum absolute atomic E-state index is 13.1. The number of para-hydroxylation sites is 2. The molecular formula is C26H28N10O2. The van der Waals surface area contributed by atoms with Gasteiger partial charge in [-0.2, -0.15) is 4.52 Å². The number of aromatic nitrogens is 7. The van der Waals surface area contributed by atoms with Crippen molar-refractivity contribution in [3.05, 3.63) is 72.3 Å². The Bertz CT molecular complexity index is 1580. The third-order valence-corrected chi connectivity index (χ3v) is 6.31. The zero-order valence-corrected chi connectivity index (χ0v) is 21.4. The van der Waals surface area contributed by atoms with Crippen LogP contribution in [0.4, 0.5) is 11.5 Å². The largest absolute Gasteiger partial charge is 0.337 e. The smallest absolute Gasteiger partial charge is 0.272 e. The summed E-state index contributed by atoms with van der Waals surface area (Å²) in [5.41, 5.74) is 3.95. The molecule has 1 aliphatic heterocycles. The number of carbonyl (C=O) groups is 2. The second-order valence-electron chi connectivity index (χ2n) is 8.54. The zero-order valence-electron chi connectivity index (χ0n) is 21.4. The molecule has 1 aliphatic rings. The van der Waals surface area contributed by atoms with E-state index in [1.807, 2.05) is 50.2 Å². The summed E-state index contributed by atoms with van der Waals surface area (Å²) in [7, 11) is 1.79. The molecule has 1 N–H and O–H groups in total. The van der Waals surface area contributed by atoms with Gasteiger partial charge < -0.3 is 19.7 Å². The fraction of sp³-hybridized carbons (Fsp3) is 0.269. The number of aryl methyl sites for hydroxylation is 1. The van der Waals surface area contributed by atoms with E-state index in [9.17, 15) is 9.59 Å². The second-order valence-corrected chi connectivity index (χ2v) is 8.54. The van der Waals surface area contributed by atoms with Crippen molar-refractivity contribution < 1.29 is 9.59 Å². The summed E-state index contributed by atoms with van der Waals surface area (Å²) in [4.78, 5) is 37.9. The summed E-state index contributed by atoms with van der Waals surface area (Å²) in [6.45, 7) is 5.90. The number of carbonyl (C=O) groups excluding carboxylic acids is 2. The van der Waals surface area contributed by atoms with Crippen LogP contribution in [0.15, 0.2) is 61.1 Å². The number of hydrogen-bond donors (Lipinski definition) is 1. The van der Waals surface area contributed by atoms with E-state index >= 15 is 0 Å². The number of benzene rings is 2. The van der Waals surface area contributed by atoms with Gasteiger partial charge in [-0.15, -0.1) is 5.10 Å². The third-order valence-electron chi connectivity index (χ3n) is 6.31. The van der Waals surface area contributed by atoms with Gasteiger partial charge in [0, 0.05) is 44.5 Å². The summed E-state index contributed by atoms with van der Waals surface area (Å²) in [5.74, 6) is 0.380. The Labute approximate surface area is 218 Å². The van der Waals surface area contributed by atoms with Crippen LogP contribution in [0, 0.1) is 0 Å². The molecule has 0 saturated carbocycles. The van der Waals surface area contributed by atoms with Crippen molar-refractivity contribution in [2.24, 2.45) is 7.05 Å². The van der Waals surface area contributed by atoms with E-state index in [2.05, 4.69) is 30.8 Å². The second kappa shape index (κ2) is 10.6. The molecule has 3 aromatic heterocycles. The molecule has 2 amide bonds. The number of amides is 2. The maximum atomic E-state index is 13.1. The van der Waals surface area contributed by atoms with E-state index in [0.717, 1.165) is 16.7 Å². The van der Waals surface area contributed by atoms with Gasteiger partial charge in [-0.05, 0) is 46.8 Å². The summed E-state index contributed by atoms with van der Waals surface area (Å²) in [6, 6.07) is 14.8. The van der Waals surface area contributed by atoms with Gasteiger partial charge in [0.15, 0.2) is 5.82 Å². The van der Waals surface area contributed by atoms with Gasteiger partial charge in [-0.25, -0.2) is 9.97 Å². The highest BCUT2D eigenvalue weighted by Crippen LogP contribution is 2.23. The number of piperazine rings is 1. The molecule has 12 nitrogen and oxygen atoms in total. The van der Waals surface area contributed by atoms with E-state index < -0.39 is 0 Å². The minimum atomic E-state index is -0.0724. The standard InChI is InChI=1S/C24H22N10O2.C2H6/c1-31-15-25-14-20(31)24(36)33-12-10-32(11-13-33)23(35)16-6-8-17(9-7-16)26-21-22-28-29-30-34(22)19-5-3-2-4-18(19)27-21;1-2/h2-9,14-15H,10-13H2,1H3,(H,26,27);1-2H3. The summed E-state index contributed by atoms with van der Waals surface area (Å²) < 4.78 is 3.34. The molecule has 6 rings (SSSR count). The summed E-state index contributed by atoms with van der Waals surface area (Å²) in [6.07, 6.45) is 3.17. The fourth-order valence-corrected chi connectivity index (χ4v) is 4.34. The SMILES string of the molecule is CC.Cn1cncc1C(=O)N1CCN(C(=O)c2ccc(Nc3nc4ccccc4n4nnnc34)cc2)CC1. The minimum absolute atomic E-state index is 0.0675. The van der Waals surface area contributed by atoms with Crippen molar-refractivity contribution in [3.8, 4) is 0 Å². The molecule has 4 heterocycles. The summed E-state index contributed by atoms with van der Waals surface area (Å²) >= 11 is 0. The van der Waals surface area contributed by atoms with E-state index in [4.69, 9.17) is 0 Å². The van der Waals surface area contributed by atoms with Crippen LogP contribution >= 0.6 is 0 Å². The normalized spacial score (nSPS) is 13.3. The molecular weight excluding hydrogens is 484 g/mol. The third kappa shape index (κ3) is 4.63. The number of nitrogens with zero attached hydrogens (tertiary/aromatic N) is 9. The van der Waals surface area contributed by atoms with Crippen molar-refractivity contribution >= 4 is 40.0 Å². The topological polar surface area (TPSA) is 126 Å². The Morgan fingerprint density at radius 3 is 2.26 bits per heavy atom. The van der Waals surface area contributed by atoms with Crippen LogP contribution < -0.4 is 5.32 Å². The molecule has 38 heavy (non-hydrogen) atoms. The van der Waals surface area contributed by atoms with Crippen molar-refractivity contribution in [1.29, 1.82) is 0 Å². The van der Waals surface area contributed by atoms with Gasteiger partial charge >= 0.3 is 0 Å². The zero-order chi connectivity index (χ0) is 26.6. The highest BCUT2D eigenvalue weighted by molar-refractivity contribution is 5.95. The molecule has 0 atom stereocenters. The molecule has 5 aromatic rings. The molecule has 2 aromatic carbocycles. The maximum Gasteiger partial charge on any atom is 0.272 e. The first-order valence-electron chi connectivity index (χ1n) is 12.5. The van der Waals surface area contributed by atoms with E-state index in [1.54, 1.807) is 50.6 Å². The predicted molar refractivity (Wildman–Crippen MR) is 142 cm³/mol. The van der Waals surface area contributed by atoms with Crippen molar-refractivity contribution in [3.63, 3.8) is 0 Å². The van der Waals surface area contributed by atoms with Crippen molar-refractivity contribution in [2.75, 3.05) is 31.5 Å². The number of nitrogens with one attached hydrogen (secondary N) is 1. The van der Waals surface area contributed by atoms with Gasteiger partial charge in [0.2, 0.25) is 5.65 Å². The average Bonchev–Trinajstić information content (AvgIpc) is 3.64. The number of imidazole rings is 1. The average molecular weight is 513 g/mol. The number of tetrazole rings is 1. The lowest BCUT2D eigenvalue weighted by atomic mass is 10.1. The quantitative estimate of drug-likeness (QED) is 0.390. The van der Waals surface area contributed by atoms with E-state index in [1.165, 1.54) is 0 Å². The molecule has 12 heteroatoms. The van der Waals surface area contributed by atoms with Crippen LogP contribution in [0.2, 0.25) is 0 Å². The lowest BCUT2D eigenvalue weighted by Gasteiger charge is -2.34. The molecule has 1 fully saturated rings. The number of fused-ring (bicyclic) bond motifs is 3. The Hall–Kier alpha value is -4.87. The van der Waals surface area contributed by atoms with Gasteiger partial charge in [0.25, 0.3) is 11.8 Å². The fourth-order valence-electron chi connectivity index (χ4n) is 4.34. The van der Waals surface area contributed by atoms with Gasteiger partial charge in [-0.3, -0.25) is 9.59 Å². The van der Waals surface area contributed by atoms with Crippen LogP contribution in [0.3, 0.4) is 0 Å². The first-order chi connectivity index (χ1) is 18.6. The Balaban J connectivity index is 0.00000144. The molecule has 1 saturated heterocycles. The number of hydrogen-bond acceptors (Lipinski definition) is 8. The van der Waals surface area contributed by atoms with E-state index in [0.29, 0.717) is 48.9 Å². The van der Waals surface area contributed by atoms with Crippen molar-refractivity contribution in [1.82, 2.24) is 44.4 Å². The molecule has 0 unspecified atom stereocenters. The first kappa shape index (κ1) is 24.8. The molecule has 0 radical (unpaired) electrons. The highest BCUT2D eigenvalue weighted by Gasteiger charge is 2.26. The van der Waals surface area contributed by atoms with Crippen LogP contribution in [0.1, 0.15) is 34.7 Å². The van der Waals surface area contributed by atoms with Crippen LogP contribution in [-0.4, -0.2) is 82.4 Å². The minimum Gasteiger partial charge on any atom is -0.337 e. The lowest BCUT2D eigenvalue weighted by molar-refractivity contribution is 0.0530. The molecule has 0 bridgehead atoms. The first-order valence-corrected chi connectivity index (χ1v) is 12.5. The van der Waals surface area contributed by atoms with Crippen LogP contribution in [0.5, 0.6) is 0 Å².